The maximum Gasteiger partial charge on any atom is 0.338 e. The number of carbonyl (C=O) groups excluding carboxylic acids is 3. The van der Waals surface area contributed by atoms with E-state index in [1.54, 1.807) is 27.9 Å². The summed E-state index contributed by atoms with van der Waals surface area (Å²) in [4.78, 5) is 37.7. The zero-order chi connectivity index (χ0) is 25.8. The van der Waals surface area contributed by atoms with Crippen LogP contribution in [0.5, 0.6) is 0 Å². The lowest BCUT2D eigenvalue weighted by Crippen LogP contribution is -2.62. The van der Waals surface area contributed by atoms with Gasteiger partial charge in [-0.25, -0.2) is 4.79 Å². The van der Waals surface area contributed by atoms with Crippen molar-refractivity contribution in [3.8, 4) is 0 Å². The van der Waals surface area contributed by atoms with Crippen molar-refractivity contribution in [2.24, 2.45) is 28.6 Å². The number of allylic oxidation sites excluding steroid dienone is 1. The average Bonchev–Trinajstić information content (AvgIpc) is 3.05. The molecule has 0 bridgehead atoms. The summed E-state index contributed by atoms with van der Waals surface area (Å²) >= 11 is 0. The van der Waals surface area contributed by atoms with Gasteiger partial charge in [-0.15, -0.1) is 0 Å². The van der Waals surface area contributed by atoms with Gasteiger partial charge in [0.25, 0.3) is 0 Å². The Hall–Kier alpha value is -1.73. The Morgan fingerprint density at radius 2 is 1.86 bits per heavy atom. The second-order valence-corrected chi connectivity index (χ2v) is 12.6. The maximum atomic E-state index is 13.5. The van der Waals surface area contributed by atoms with Gasteiger partial charge in [0, 0.05) is 18.9 Å². The van der Waals surface area contributed by atoms with Crippen molar-refractivity contribution in [1.82, 2.24) is 0 Å². The van der Waals surface area contributed by atoms with Crippen LogP contribution < -0.4 is 0 Å². The van der Waals surface area contributed by atoms with Crippen molar-refractivity contribution in [2.75, 3.05) is 13.7 Å². The van der Waals surface area contributed by atoms with Crippen LogP contribution in [0.3, 0.4) is 0 Å². The number of hydrogen-bond donors (Lipinski definition) is 1. The molecule has 4 rings (SSSR count). The molecule has 0 amide bonds. The Kier molecular flexibility index (Phi) is 6.76. The molecule has 0 aromatic carbocycles. The van der Waals surface area contributed by atoms with Crippen LogP contribution >= 0.6 is 0 Å². The highest BCUT2D eigenvalue weighted by Crippen LogP contribution is 2.68. The van der Waals surface area contributed by atoms with E-state index in [1.807, 2.05) is 6.08 Å². The average molecular weight is 491 g/mol. The molecule has 0 saturated heterocycles. The number of fused-ring (bicyclic) bond motifs is 5. The van der Waals surface area contributed by atoms with Crippen molar-refractivity contribution < 1.29 is 33.7 Å². The van der Waals surface area contributed by atoms with Gasteiger partial charge < -0.3 is 19.3 Å². The fourth-order valence-electron chi connectivity index (χ4n) is 8.17. The van der Waals surface area contributed by atoms with E-state index in [0.717, 1.165) is 25.7 Å². The molecule has 7 nitrogen and oxygen atoms in total. The second-order valence-electron chi connectivity index (χ2n) is 12.6. The van der Waals surface area contributed by atoms with Gasteiger partial charge in [0.1, 0.15) is 12.2 Å². The Balaban J connectivity index is 1.53. The first-order chi connectivity index (χ1) is 16.3. The van der Waals surface area contributed by atoms with E-state index < -0.39 is 34.7 Å². The van der Waals surface area contributed by atoms with Crippen LogP contribution in [0.15, 0.2) is 11.6 Å². The Labute approximate surface area is 208 Å². The minimum absolute atomic E-state index is 0.0115. The molecule has 0 spiro atoms. The molecule has 0 heterocycles. The molecule has 0 aromatic rings. The predicted molar refractivity (Wildman–Crippen MR) is 129 cm³/mol. The first kappa shape index (κ1) is 26.3. The smallest absolute Gasteiger partial charge is 0.338 e. The van der Waals surface area contributed by atoms with Gasteiger partial charge in [-0.05, 0) is 88.5 Å². The molecule has 4 aliphatic carbocycles. The standard InChI is InChI=1S/C28H42O7/c1-25(2,3)35-22(31)11-14-34-24(32)28(33-6)13-10-20-19-8-7-17-15-18(29)9-12-26(17,4)23(19)21(30)16-27(20,28)5/h15,19-21,23,30H,7-14,16H2,1-6H3/t19?,20?,21?,23?,26?,27?,28-/m1/s1. The third-order valence-corrected chi connectivity index (χ3v) is 9.65. The molecular weight excluding hydrogens is 448 g/mol. The van der Waals surface area contributed by atoms with E-state index in [4.69, 9.17) is 14.2 Å². The van der Waals surface area contributed by atoms with Gasteiger partial charge in [-0.1, -0.05) is 19.4 Å². The number of carbonyl (C=O) groups is 3. The largest absolute Gasteiger partial charge is 0.463 e. The van der Waals surface area contributed by atoms with Crippen LogP contribution in [0.1, 0.15) is 86.0 Å². The summed E-state index contributed by atoms with van der Waals surface area (Å²) in [5.41, 5.74) is -1.31. The van der Waals surface area contributed by atoms with Crippen LogP contribution in [-0.2, 0) is 28.6 Å². The van der Waals surface area contributed by atoms with Gasteiger partial charge in [0.2, 0.25) is 0 Å². The van der Waals surface area contributed by atoms with E-state index in [-0.39, 0.29) is 42.0 Å². The van der Waals surface area contributed by atoms with Gasteiger partial charge >= 0.3 is 11.9 Å². The van der Waals surface area contributed by atoms with E-state index in [1.165, 1.54) is 5.57 Å². The van der Waals surface area contributed by atoms with E-state index >= 15 is 0 Å². The predicted octanol–water partition coefficient (Wildman–Crippen LogP) is 4.15. The molecule has 3 saturated carbocycles. The highest BCUT2D eigenvalue weighted by Gasteiger charge is 2.70. The monoisotopic (exact) mass is 490 g/mol. The number of ketones is 1. The summed E-state index contributed by atoms with van der Waals surface area (Å²) in [6.07, 6.45) is 6.12. The molecule has 3 fully saturated rings. The first-order valence-electron chi connectivity index (χ1n) is 13.1. The number of aliphatic hydroxyl groups excluding tert-OH is 1. The third kappa shape index (κ3) is 4.26. The van der Waals surface area contributed by atoms with Crippen molar-refractivity contribution >= 4 is 17.7 Å². The second kappa shape index (κ2) is 8.98. The van der Waals surface area contributed by atoms with Gasteiger partial charge in [-0.3, -0.25) is 9.59 Å². The first-order valence-corrected chi connectivity index (χ1v) is 13.1. The van der Waals surface area contributed by atoms with Crippen LogP contribution in [0.25, 0.3) is 0 Å². The Bertz CT molecular complexity index is 917. The lowest BCUT2D eigenvalue weighted by atomic mass is 9.45. The Morgan fingerprint density at radius 1 is 1.14 bits per heavy atom. The number of aliphatic hydroxyl groups is 1. The zero-order valence-electron chi connectivity index (χ0n) is 22.1. The summed E-state index contributed by atoms with van der Waals surface area (Å²) in [5, 5.41) is 11.6. The Morgan fingerprint density at radius 3 is 2.51 bits per heavy atom. The van der Waals surface area contributed by atoms with Crippen molar-refractivity contribution in [3.63, 3.8) is 0 Å². The van der Waals surface area contributed by atoms with Crippen LogP contribution in [0.4, 0.5) is 0 Å². The lowest BCUT2D eigenvalue weighted by molar-refractivity contribution is -0.206. The summed E-state index contributed by atoms with van der Waals surface area (Å²) in [7, 11) is 1.55. The van der Waals surface area contributed by atoms with Gasteiger partial charge in [0.15, 0.2) is 11.4 Å². The summed E-state index contributed by atoms with van der Waals surface area (Å²) in [5.74, 6) is -0.126. The molecule has 7 atom stereocenters. The molecule has 196 valence electrons. The van der Waals surface area contributed by atoms with E-state index in [0.29, 0.717) is 19.3 Å². The summed E-state index contributed by atoms with van der Waals surface area (Å²) < 4.78 is 16.9. The highest BCUT2D eigenvalue weighted by atomic mass is 16.6. The topological polar surface area (TPSA) is 99.1 Å². The molecule has 0 radical (unpaired) electrons. The van der Waals surface area contributed by atoms with Crippen LogP contribution in [0, 0.1) is 28.6 Å². The number of rotatable bonds is 5. The summed E-state index contributed by atoms with van der Waals surface area (Å²) in [6.45, 7) is 9.63. The van der Waals surface area contributed by atoms with Crippen molar-refractivity contribution in [3.05, 3.63) is 11.6 Å². The highest BCUT2D eigenvalue weighted by molar-refractivity contribution is 5.91. The molecule has 0 aromatic heterocycles. The quantitative estimate of drug-likeness (QED) is 0.578. The number of ether oxygens (including phenoxy) is 3. The van der Waals surface area contributed by atoms with Crippen LogP contribution in [0.2, 0.25) is 0 Å². The maximum absolute atomic E-state index is 13.5. The van der Waals surface area contributed by atoms with E-state index in [2.05, 4.69) is 13.8 Å². The van der Waals surface area contributed by atoms with Crippen molar-refractivity contribution in [2.45, 2.75) is 103 Å². The molecule has 7 heteroatoms. The SMILES string of the molecule is CO[C@@]1(C(=O)OCCC(=O)OC(C)(C)C)CCC2C3CCC4=CC(=O)CCC4(C)C3C(O)CC21C. The molecule has 6 unspecified atom stereocenters. The number of esters is 2. The van der Waals surface area contributed by atoms with Crippen LogP contribution in [-0.4, -0.2) is 53.9 Å². The number of hydrogen-bond acceptors (Lipinski definition) is 7. The lowest BCUT2D eigenvalue weighted by Gasteiger charge is -2.60. The van der Waals surface area contributed by atoms with Crippen molar-refractivity contribution in [1.29, 1.82) is 0 Å². The van der Waals surface area contributed by atoms with E-state index in [9.17, 15) is 19.5 Å². The fourth-order valence-corrected chi connectivity index (χ4v) is 8.17. The van der Waals surface area contributed by atoms with Gasteiger partial charge in [0.05, 0.1) is 12.5 Å². The minimum atomic E-state index is -1.16. The molecular formula is C28H42O7. The molecule has 4 aliphatic rings. The minimum Gasteiger partial charge on any atom is -0.463 e. The normalized spacial score (nSPS) is 40.8. The number of methoxy groups -OCH3 is 1. The third-order valence-electron chi connectivity index (χ3n) is 9.65. The zero-order valence-corrected chi connectivity index (χ0v) is 22.1. The summed E-state index contributed by atoms with van der Waals surface area (Å²) in [6, 6.07) is 0. The molecule has 35 heavy (non-hydrogen) atoms. The fraction of sp³-hybridized carbons (Fsp3) is 0.821. The molecule has 0 aliphatic heterocycles. The van der Waals surface area contributed by atoms with Gasteiger partial charge in [-0.2, -0.15) is 0 Å². The molecule has 1 N–H and O–H groups in total.